The Bertz CT molecular complexity index is 1760. The molecule has 5 nitrogen and oxygen atoms in total. The van der Waals surface area contributed by atoms with E-state index in [0.717, 1.165) is 64.8 Å². The second-order valence-corrected chi connectivity index (χ2v) is 14.0. The predicted octanol–water partition coefficient (Wildman–Crippen LogP) is 9.22. The van der Waals surface area contributed by atoms with Crippen LogP contribution >= 0.6 is 59.1 Å². The lowest BCUT2D eigenvalue weighted by Crippen LogP contribution is -2.35. The van der Waals surface area contributed by atoms with Gasteiger partial charge in [-0.1, -0.05) is 54.6 Å². The number of hydrogen-bond donors (Lipinski definition) is 1. The van der Waals surface area contributed by atoms with Crippen LogP contribution in [0.3, 0.4) is 0 Å². The quantitative estimate of drug-likeness (QED) is 0.171. The SMILES string of the molecule is Cc1c(CN2CCOCC2)sc2c(Br)c3ccccc3c(-c3cc(Br)c(OC(Cc4ccccc4)C(=O)O)c(Br)c3)c12. The summed E-state index contributed by atoms with van der Waals surface area (Å²) in [5, 5.41) is 13.5. The Morgan fingerprint density at radius 1 is 1.00 bits per heavy atom. The van der Waals surface area contributed by atoms with E-state index in [-0.39, 0.29) is 6.42 Å². The zero-order chi connectivity index (χ0) is 29.4. The van der Waals surface area contributed by atoms with Crippen molar-refractivity contribution in [2.24, 2.45) is 0 Å². The highest BCUT2D eigenvalue weighted by Crippen LogP contribution is 2.49. The van der Waals surface area contributed by atoms with Crippen LogP contribution in [-0.4, -0.2) is 48.4 Å². The molecule has 0 bridgehead atoms. The normalized spacial score (nSPS) is 14.9. The maximum absolute atomic E-state index is 12.2. The molecule has 0 aliphatic carbocycles. The van der Waals surface area contributed by atoms with E-state index in [1.165, 1.54) is 20.5 Å². The molecule has 2 heterocycles. The van der Waals surface area contributed by atoms with Gasteiger partial charge in [0.15, 0.2) is 6.10 Å². The Morgan fingerprint density at radius 3 is 2.31 bits per heavy atom. The molecule has 1 aliphatic heterocycles. The zero-order valence-electron chi connectivity index (χ0n) is 22.8. The molecule has 4 aromatic carbocycles. The lowest BCUT2D eigenvalue weighted by Gasteiger charge is -2.26. The predicted molar refractivity (Wildman–Crippen MR) is 181 cm³/mol. The summed E-state index contributed by atoms with van der Waals surface area (Å²) in [6.07, 6.45) is -0.776. The molecule has 1 fully saturated rings. The van der Waals surface area contributed by atoms with Crippen molar-refractivity contribution in [2.45, 2.75) is 26.0 Å². The minimum atomic E-state index is -1.03. The molecule has 6 rings (SSSR count). The standard InChI is InChI=1S/C33H28Br3NO4S/c1-19-27(18-37-11-13-40-14-12-37)42-32-28(19)29(22-9-5-6-10-23(22)30(32)36)21-16-24(34)31(25(35)17-21)41-26(33(38)39)15-20-7-3-2-4-8-20/h2-10,16-17,26H,11-15,18H2,1H3,(H,38,39). The van der Waals surface area contributed by atoms with Crippen molar-refractivity contribution in [2.75, 3.05) is 26.3 Å². The zero-order valence-corrected chi connectivity index (χ0v) is 28.4. The van der Waals surface area contributed by atoms with Crippen LogP contribution in [0, 0.1) is 6.92 Å². The van der Waals surface area contributed by atoms with E-state index in [1.807, 2.05) is 53.8 Å². The summed E-state index contributed by atoms with van der Waals surface area (Å²) in [5.41, 5.74) is 4.35. The second kappa shape index (κ2) is 12.8. The Morgan fingerprint density at radius 2 is 1.64 bits per heavy atom. The highest BCUT2D eigenvalue weighted by atomic mass is 79.9. The highest BCUT2D eigenvalue weighted by molar-refractivity contribution is 9.11. The first-order valence-corrected chi connectivity index (χ1v) is 16.9. The molecule has 1 aliphatic rings. The molecule has 5 aromatic rings. The Kier molecular flexibility index (Phi) is 9.05. The van der Waals surface area contributed by atoms with Crippen LogP contribution < -0.4 is 4.74 Å². The number of fused-ring (bicyclic) bond motifs is 2. The molecule has 9 heteroatoms. The van der Waals surface area contributed by atoms with E-state index in [4.69, 9.17) is 9.47 Å². The Balaban J connectivity index is 1.45. The van der Waals surface area contributed by atoms with Crippen molar-refractivity contribution >= 4 is 86.0 Å². The smallest absolute Gasteiger partial charge is 0.345 e. The number of rotatable bonds is 8. The van der Waals surface area contributed by atoms with Gasteiger partial charge in [-0.3, -0.25) is 4.90 Å². The summed E-state index contributed by atoms with van der Waals surface area (Å²) >= 11 is 13.2. The Hall–Kier alpha value is -2.27. The van der Waals surface area contributed by atoms with Gasteiger partial charge in [0.25, 0.3) is 0 Å². The summed E-state index contributed by atoms with van der Waals surface area (Å²) in [7, 11) is 0. The fraction of sp³-hybridized carbons (Fsp3) is 0.242. The maximum Gasteiger partial charge on any atom is 0.345 e. The molecule has 42 heavy (non-hydrogen) atoms. The van der Waals surface area contributed by atoms with Gasteiger partial charge in [0.2, 0.25) is 0 Å². The first-order chi connectivity index (χ1) is 20.3. The molecule has 1 unspecified atom stereocenters. The van der Waals surface area contributed by atoms with Crippen LogP contribution in [0.4, 0.5) is 0 Å². The van der Waals surface area contributed by atoms with E-state index in [0.29, 0.717) is 14.7 Å². The topological polar surface area (TPSA) is 59.0 Å². The summed E-state index contributed by atoms with van der Waals surface area (Å²) in [5.74, 6) is -0.543. The number of aryl methyl sites for hydroxylation is 1. The molecular formula is C33H28Br3NO4S. The molecule has 0 amide bonds. The highest BCUT2D eigenvalue weighted by Gasteiger charge is 2.25. The van der Waals surface area contributed by atoms with E-state index in [9.17, 15) is 9.90 Å². The summed E-state index contributed by atoms with van der Waals surface area (Å²) < 4.78 is 15.4. The molecule has 0 spiro atoms. The monoisotopic (exact) mass is 771 g/mol. The number of hydrogen-bond acceptors (Lipinski definition) is 5. The third-order valence-electron chi connectivity index (χ3n) is 7.69. The van der Waals surface area contributed by atoms with Gasteiger partial charge in [-0.25, -0.2) is 4.79 Å². The number of ether oxygens (including phenoxy) is 2. The van der Waals surface area contributed by atoms with Crippen LogP contribution in [0.15, 0.2) is 80.1 Å². The maximum atomic E-state index is 12.2. The fourth-order valence-electron chi connectivity index (χ4n) is 5.55. The van der Waals surface area contributed by atoms with E-state index >= 15 is 0 Å². The molecule has 1 atom stereocenters. The number of carbonyl (C=O) groups is 1. The van der Waals surface area contributed by atoms with E-state index in [1.54, 1.807) is 0 Å². The van der Waals surface area contributed by atoms with Gasteiger partial charge in [-0.15, -0.1) is 11.3 Å². The Labute approximate surface area is 273 Å². The molecular weight excluding hydrogens is 746 g/mol. The minimum absolute atomic E-state index is 0.259. The van der Waals surface area contributed by atoms with Crippen LogP contribution in [0.5, 0.6) is 5.75 Å². The third kappa shape index (κ3) is 5.92. The molecule has 1 saturated heterocycles. The number of halogens is 3. The van der Waals surface area contributed by atoms with Gasteiger partial charge >= 0.3 is 5.97 Å². The van der Waals surface area contributed by atoms with Crippen molar-refractivity contribution in [1.29, 1.82) is 0 Å². The van der Waals surface area contributed by atoms with Gasteiger partial charge in [-0.2, -0.15) is 0 Å². The lowest BCUT2D eigenvalue weighted by molar-refractivity contribution is -0.145. The number of morpholine rings is 1. The average Bonchev–Trinajstić information content (AvgIpc) is 3.31. The summed E-state index contributed by atoms with van der Waals surface area (Å²) in [6.45, 7) is 6.54. The van der Waals surface area contributed by atoms with Crippen molar-refractivity contribution in [3.05, 3.63) is 96.2 Å². The summed E-state index contributed by atoms with van der Waals surface area (Å²) in [4.78, 5) is 16.0. The summed E-state index contributed by atoms with van der Waals surface area (Å²) in [6, 6.07) is 22.1. The minimum Gasteiger partial charge on any atom is -0.478 e. The van der Waals surface area contributed by atoms with Crippen molar-refractivity contribution in [3.63, 3.8) is 0 Å². The molecule has 216 valence electrons. The van der Waals surface area contributed by atoms with Crippen molar-refractivity contribution < 1.29 is 19.4 Å². The number of benzene rings is 4. The first-order valence-electron chi connectivity index (χ1n) is 13.7. The van der Waals surface area contributed by atoms with Gasteiger partial charge in [0.1, 0.15) is 5.75 Å². The van der Waals surface area contributed by atoms with Gasteiger partial charge in [0.05, 0.1) is 26.9 Å². The third-order valence-corrected chi connectivity index (χ3v) is 11.2. The van der Waals surface area contributed by atoms with Crippen molar-refractivity contribution in [3.8, 4) is 16.9 Å². The van der Waals surface area contributed by atoms with Crippen molar-refractivity contribution in [1.82, 2.24) is 4.90 Å². The van der Waals surface area contributed by atoms with E-state index in [2.05, 4.69) is 83.9 Å². The van der Waals surface area contributed by atoms with Crippen LogP contribution in [0.2, 0.25) is 0 Å². The number of nitrogens with zero attached hydrogens (tertiary/aromatic N) is 1. The number of carboxylic acid groups (broad SMARTS) is 1. The van der Waals surface area contributed by atoms with E-state index < -0.39 is 12.1 Å². The number of thiophene rings is 1. The molecule has 0 saturated carbocycles. The number of aliphatic carboxylic acids is 1. The molecule has 0 radical (unpaired) electrons. The average molecular weight is 774 g/mol. The second-order valence-electron chi connectivity index (χ2n) is 10.4. The molecule has 1 aromatic heterocycles. The molecule has 1 N–H and O–H groups in total. The fourth-order valence-corrected chi connectivity index (χ4v) is 9.01. The van der Waals surface area contributed by atoms with Gasteiger partial charge in [-0.05, 0) is 99.9 Å². The van der Waals surface area contributed by atoms with Gasteiger partial charge in [0, 0.05) is 40.8 Å². The van der Waals surface area contributed by atoms with Crippen LogP contribution in [0.1, 0.15) is 16.0 Å². The van der Waals surface area contributed by atoms with Crippen LogP contribution in [0.25, 0.3) is 32.0 Å². The largest absolute Gasteiger partial charge is 0.478 e. The lowest BCUT2D eigenvalue weighted by atomic mass is 9.93. The van der Waals surface area contributed by atoms with Gasteiger partial charge < -0.3 is 14.6 Å². The first kappa shape index (κ1) is 29.8. The number of carboxylic acids is 1. The van der Waals surface area contributed by atoms with Crippen LogP contribution in [-0.2, 0) is 22.5 Å².